The fraction of sp³-hybridized carbons (Fsp3) is 0.500. The van der Waals surface area contributed by atoms with Crippen molar-refractivity contribution in [1.82, 2.24) is 0 Å². The number of hydrogen-bond donors (Lipinski definition) is 0. The summed E-state index contributed by atoms with van der Waals surface area (Å²) in [6.45, 7) is 15.4. The van der Waals surface area contributed by atoms with Gasteiger partial charge in [-0.25, -0.2) is 0 Å². The van der Waals surface area contributed by atoms with Crippen LogP contribution in [-0.2, 0) is 0 Å². The highest BCUT2D eigenvalue weighted by Gasteiger charge is 1.69. The van der Waals surface area contributed by atoms with Gasteiger partial charge >= 0.3 is 0 Å². The summed E-state index contributed by atoms with van der Waals surface area (Å²) < 4.78 is 0. The molecule has 0 aromatic rings. The van der Waals surface area contributed by atoms with Gasteiger partial charge in [-0.2, -0.15) is 0 Å². The molecule has 0 saturated heterocycles. The predicted octanol–water partition coefficient (Wildman–Crippen LogP) is 4.75. The number of rotatable bonds is 1. The smallest absolute Gasteiger partial charge is 0.0401 e. The minimum atomic E-state index is 1.32. The molecule has 0 atom stereocenters. The van der Waals surface area contributed by atoms with Gasteiger partial charge in [0.1, 0.15) is 0 Å². The van der Waals surface area contributed by atoms with E-state index in [1.165, 1.54) is 5.57 Å². The summed E-state index contributed by atoms with van der Waals surface area (Å²) in [5.41, 5.74) is 1.32. The van der Waals surface area contributed by atoms with E-state index in [1.54, 1.807) is 6.08 Å². The first-order valence-electron chi connectivity index (χ1n) is 4.55. The molecule has 72 valence electrons. The molecule has 0 amide bonds. The third-order valence-corrected chi connectivity index (χ3v) is 0.885. The van der Waals surface area contributed by atoms with Crippen molar-refractivity contribution in [1.29, 1.82) is 0 Å². The van der Waals surface area contributed by atoms with Gasteiger partial charge in [-0.3, -0.25) is 0 Å². The molecule has 0 aliphatic rings. The molecule has 0 bridgehead atoms. The zero-order valence-corrected chi connectivity index (χ0v) is 9.52. The molecule has 0 rings (SSSR count). The van der Waals surface area contributed by atoms with E-state index in [9.17, 15) is 0 Å². The van der Waals surface area contributed by atoms with Crippen LogP contribution < -0.4 is 0 Å². The Balaban J connectivity index is -0.000000137. The molecule has 0 nitrogen and oxygen atoms in total. The van der Waals surface area contributed by atoms with Crippen molar-refractivity contribution < 1.29 is 0 Å². The minimum absolute atomic E-state index is 1.32. The van der Waals surface area contributed by atoms with Crippen LogP contribution in [0.1, 0.15) is 41.5 Å². The summed E-state index contributed by atoms with van der Waals surface area (Å²) in [5, 5.41) is 0. The molecule has 0 heterocycles. The van der Waals surface area contributed by atoms with Gasteiger partial charge in [-0.1, -0.05) is 43.7 Å². The maximum absolute atomic E-state index is 3.36. The number of hydrogen-bond acceptors (Lipinski definition) is 0. The quantitative estimate of drug-likeness (QED) is 0.391. The van der Waals surface area contributed by atoms with Crippen molar-refractivity contribution in [2.45, 2.75) is 41.5 Å². The topological polar surface area (TPSA) is 0 Å². The summed E-state index contributed by atoms with van der Waals surface area (Å²) in [5.74, 6) is 0. The van der Waals surface area contributed by atoms with E-state index in [0.717, 1.165) is 0 Å². The van der Waals surface area contributed by atoms with E-state index in [2.05, 4.69) is 25.7 Å². The van der Waals surface area contributed by atoms with Crippen molar-refractivity contribution in [3.05, 3.63) is 36.5 Å². The molecule has 0 fully saturated rings. The van der Waals surface area contributed by atoms with Crippen LogP contribution in [0.5, 0.6) is 0 Å². The molecule has 0 heteroatoms. The Morgan fingerprint density at radius 1 is 1.08 bits per heavy atom. The largest absolute Gasteiger partial charge is 0.103 e. The SMILES string of the molecule is C/C=C\C(C)=C/C.C=CC.CC. The normalized spacial score (nSPS) is 9.33. The van der Waals surface area contributed by atoms with Gasteiger partial charge in [0, 0.05) is 0 Å². The Morgan fingerprint density at radius 2 is 1.42 bits per heavy atom. The van der Waals surface area contributed by atoms with Crippen LogP contribution in [0.2, 0.25) is 0 Å². The summed E-state index contributed by atoms with van der Waals surface area (Å²) in [6, 6.07) is 0. The first-order chi connectivity index (χ1) is 5.72. The average Bonchev–Trinajstić information content (AvgIpc) is 2.10. The Kier molecular flexibility index (Phi) is 32.5. The lowest BCUT2D eigenvalue weighted by atomic mass is 10.3. The monoisotopic (exact) mass is 168 g/mol. The van der Waals surface area contributed by atoms with Gasteiger partial charge in [0.05, 0.1) is 0 Å². The lowest BCUT2D eigenvalue weighted by molar-refractivity contribution is 1.46. The van der Waals surface area contributed by atoms with Crippen molar-refractivity contribution in [2.24, 2.45) is 0 Å². The van der Waals surface area contributed by atoms with Gasteiger partial charge in [0.25, 0.3) is 0 Å². The molecular formula is C12H24. The van der Waals surface area contributed by atoms with Crippen LogP contribution in [0.15, 0.2) is 36.5 Å². The fourth-order valence-corrected chi connectivity index (χ4v) is 0.359. The van der Waals surface area contributed by atoms with Crippen molar-refractivity contribution in [2.75, 3.05) is 0 Å². The van der Waals surface area contributed by atoms with Crippen LogP contribution in [0.25, 0.3) is 0 Å². The third-order valence-electron chi connectivity index (χ3n) is 0.885. The van der Waals surface area contributed by atoms with Gasteiger partial charge in [0.2, 0.25) is 0 Å². The van der Waals surface area contributed by atoms with E-state index in [4.69, 9.17) is 0 Å². The maximum Gasteiger partial charge on any atom is -0.0401 e. The molecule has 0 aromatic carbocycles. The highest BCUT2D eigenvalue weighted by molar-refractivity contribution is 5.13. The van der Waals surface area contributed by atoms with E-state index < -0.39 is 0 Å². The van der Waals surface area contributed by atoms with Crippen molar-refractivity contribution in [3.8, 4) is 0 Å². The van der Waals surface area contributed by atoms with Crippen LogP contribution >= 0.6 is 0 Å². The zero-order valence-electron chi connectivity index (χ0n) is 9.52. The van der Waals surface area contributed by atoms with Crippen LogP contribution in [0.3, 0.4) is 0 Å². The second kappa shape index (κ2) is 22.5. The highest BCUT2D eigenvalue weighted by atomic mass is 13.8. The van der Waals surface area contributed by atoms with Gasteiger partial charge < -0.3 is 0 Å². The second-order valence-electron chi connectivity index (χ2n) is 1.94. The van der Waals surface area contributed by atoms with E-state index in [0.29, 0.717) is 0 Å². The molecule has 0 unspecified atom stereocenters. The first kappa shape index (κ1) is 17.3. The lowest BCUT2D eigenvalue weighted by Crippen LogP contribution is -1.60. The van der Waals surface area contributed by atoms with Gasteiger partial charge in [-0.05, 0) is 27.7 Å². The number of allylic oxidation sites excluding steroid dienone is 5. The van der Waals surface area contributed by atoms with Crippen LogP contribution in [-0.4, -0.2) is 0 Å². The Hall–Kier alpha value is -0.780. The van der Waals surface area contributed by atoms with Crippen molar-refractivity contribution >= 4 is 0 Å². The standard InChI is InChI=1S/C7H12.C3H6.C2H6/c1-4-6-7(3)5-2;1-3-2;1-2/h4-6H,1-3H3;3H,1H2,2H3;1-2H3/b6-4-,7-5-;;. The highest BCUT2D eigenvalue weighted by Crippen LogP contribution is 1.91. The predicted molar refractivity (Wildman–Crippen MR) is 61.5 cm³/mol. The molecule has 0 aliphatic heterocycles. The molecule has 0 saturated carbocycles. The van der Waals surface area contributed by atoms with Gasteiger partial charge in [-0.15, -0.1) is 6.58 Å². The van der Waals surface area contributed by atoms with Crippen LogP contribution in [0, 0.1) is 0 Å². The van der Waals surface area contributed by atoms with E-state index in [1.807, 2.05) is 40.7 Å². The fourth-order valence-electron chi connectivity index (χ4n) is 0.359. The minimum Gasteiger partial charge on any atom is -0.103 e. The van der Waals surface area contributed by atoms with Crippen LogP contribution in [0.4, 0.5) is 0 Å². The zero-order chi connectivity index (χ0) is 10.4. The molecule has 0 radical (unpaired) electrons. The lowest BCUT2D eigenvalue weighted by Gasteiger charge is -1.81. The molecular weight excluding hydrogens is 144 g/mol. The summed E-state index contributed by atoms with van der Waals surface area (Å²) in [7, 11) is 0. The third kappa shape index (κ3) is 35.0. The second-order valence-corrected chi connectivity index (χ2v) is 1.94. The van der Waals surface area contributed by atoms with Gasteiger partial charge in [0.15, 0.2) is 0 Å². The molecule has 0 aromatic heterocycles. The Labute approximate surface area is 78.7 Å². The summed E-state index contributed by atoms with van der Waals surface area (Å²) >= 11 is 0. The Bertz CT molecular complexity index is 116. The summed E-state index contributed by atoms with van der Waals surface area (Å²) in [4.78, 5) is 0. The Morgan fingerprint density at radius 3 is 1.50 bits per heavy atom. The maximum atomic E-state index is 3.36. The first-order valence-corrected chi connectivity index (χ1v) is 4.55. The molecule has 0 spiro atoms. The molecule has 0 aliphatic carbocycles. The van der Waals surface area contributed by atoms with E-state index >= 15 is 0 Å². The summed E-state index contributed by atoms with van der Waals surface area (Å²) in [6.07, 6.45) is 7.95. The molecule has 0 N–H and O–H groups in total. The van der Waals surface area contributed by atoms with Crippen molar-refractivity contribution in [3.63, 3.8) is 0 Å². The van der Waals surface area contributed by atoms with E-state index in [-0.39, 0.29) is 0 Å². The average molecular weight is 168 g/mol. The molecule has 12 heavy (non-hydrogen) atoms.